The Morgan fingerprint density at radius 1 is 1.64 bits per heavy atom. The van der Waals surface area contributed by atoms with E-state index in [4.69, 9.17) is 17.3 Å². The zero-order chi connectivity index (χ0) is 8.85. The van der Waals surface area contributed by atoms with Crippen molar-refractivity contribution in [2.45, 2.75) is 6.42 Å². The van der Waals surface area contributed by atoms with Crippen LogP contribution >= 0.6 is 0 Å². The third-order valence-electron chi connectivity index (χ3n) is 1.17. The second kappa shape index (κ2) is 4.47. The highest BCUT2D eigenvalue weighted by Gasteiger charge is 2.16. The van der Waals surface area contributed by atoms with Gasteiger partial charge in [0.15, 0.2) is 5.78 Å². The first-order valence-electron chi connectivity index (χ1n) is 3.02. The van der Waals surface area contributed by atoms with Crippen LogP contribution in [0.4, 0.5) is 0 Å². The van der Waals surface area contributed by atoms with Gasteiger partial charge < -0.3 is 10.8 Å². The number of ketones is 1. The molecule has 0 aromatic carbocycles. The molecule has 0 bridgehead atoms. The summed E-state index contributed by atoms with van der Waals surface area (Å²) in [6.45, 7) is -0.206. The minimum Gasteiger partial charge on any atom is -0.481 e. The van der Waals surface area contributed by atoms with Crippen molar-refractivity contribution in [3.05, 3.63) is 0 Å². The minimum absolute atomic E-state index is 0.206. The van der Waals surface area contributed by atoms with Gasteiger partial charge in [0.1, 0.15) is 0 Å². The topological polar surface area (TPSA) is 80.4 Å². The largest absolute Gasteiger partial charge is 0.481 e. The second-order valence-corrected chi connectivity index (χ2v) is 1.99. The zero-order valence-corrected chi connectivity index (χ0v) is 5.91. The molecule has 0 spiro atoms. The normalized spacial score (nSPS) is 11.6. The van der Waals surface area contributed by atoms with Gasteiger partial charge in [0, 0.05) is 0 Å². The molecule has 11 heavy (non-hydrogen) atoms. The molecule has 0 radical (unpaired) electrons. The Balaban J connectivity index is 4.09. The van der Waals surface area contributed by atoms with Crippen molar-refractivity contribution in [2.75, 3.05) is 6.54 Å². The van der Waals surface area contributed by atoms with E-state index in [1.54, 1.807) is 0 Å². The van der Waals surface area contributed by atoms with Gasteiger partial charge >= 0.3 is 5.97 Å². The number of carboxylic acid groups (broad SMARTS) is 1. The molecule has 0 aliphatic heterocycles. The smallest absolute Gasteiger partial charge is 0.305 e. The van der Waals surface area contributed by atoms with Crippen molar-refractivity contribution < 1.29 is 14.7 Å². The van der Waals surface area contributed by atoms with E-state index in [-0.39, 0.29) is 13.0 Å². The van der Waals surface area contributed by atoms with E-state index in [2.05, 4.69) is 5.92 Å². The summed E-state index contributed by atoms with van der Waals surface area (Å²) in [5.41, 5.74) is 4.99. The number of rotatable bonds is 4. The molecular weight excluding hydrogens is 146 g/mol. The van der Waals surface area contributed by atoms with Crippen LogP contribution in [0.25, 0.3) is 0 Å². The molecule has 0 aromatic rings. The van der Waals surface area contributed by atoms with Gasteiger partial charge in [0.05, 0.1) is 18.9 Å². The first-order valence-corrected chi connectivity index (χ1v) is 3.02. The maximum atomic E-state index is 10.7. The van der Waals surface area contributed by atoms with Crippen LogP contribution in [0.2, 0.25) is 0 Å². The molecule has 0 rings (SSSR count). The van der Waals surface area contributed by atoms with Crippen LogP contribution in [-0.4, -0.2) is 23.4 Å². The lowest BCUT2D eigenvalue weighted by molar-refractivity contribution is -0.139. The Morgan fingerprint density at radius 2 is 2.18 bits per heavy atom. The SMILES string of the molecule is C#CC(CC(=O)O)C(=O)CN. The molecule has 0 aliphatic rings. The first-order chi connectivity index (χ1) is 5.11. The number of Topliss-reactive ketones (excluding diaryl/α,β-unsaturated/α-hetero) is 1. The third kappa shape index (κ3) is 3.38. The monoisotopic (exact) mass is 155 g/mol. The van der Waals surface area contributed by atoms with E-state index in [9.17, 15) is 9.59 Å². The molecule has 0 amide bonds. The summed E-state index contributed by atoms with van der Waals surface area (Å²) in [6, 6.07) is 0. The molecule has 0 aromatic heterocycles. The molecule has 0 saturated heterocycles. The Hall–Kier alpha value is -1.34. The van der Waals surface area contributed by atoms with Crippen LogP contribution in [0.5, 0.6) is 0 Å². The fraction of sp³-hybridized carbons (Fsp3) is 0.429. The van der Waals surface area contributed by atoms with Crippen LogP contribution in [0, 0.1) is 18.3 Å². The zero-order valence-electron chi connectivity index (χ0n) is 5.91. The lowest BCUT2D eigenvalue weighted by Crippen LogP contribution is -2.24. The van der Waals surface area contributed by atoms with Crippen LogP contribution in [0.15, 0.2) is 0 Å². The van der Waals surface area contributed by atoms with Gasteiger partial charge in [0.2, 0.25) is 0 Å². The lowest BCUT2D eigenvalue weighted by atomic mass is 10.0. The molecule has 1 atom stereocenters. The number of carbonyl (C=O) groups excluding carboxylic acids is 1. The number of aliphatic carboxylic acids is 1. The molecule has 3 N–H and O–H groups in total. The maximum absolute atomic E-state index is 10.7. The Labute approximate surface area is 64.4 Å². The van der Waals surface area contributed by atoms with E-state index in [1.165, 1.54) is 0 Å². The second-order valence-electron chi connectivity index (χ2n) is 1.99. The minimum atomic E-state index is -1.09. The van der Waals surface area contributed by atoms with Gasteiger partial charge in [-0.25, -0.2) is 0 Å². The Morgan fingerprint density at radius 3 is 2.45 bits per heavy atom. The summed E-state index contributed by atoms with van der Waals surface area (Å²) in [6.07, 6.45) is 4.57. The number of hydrogen-bond donors (Lipinski definition) is 2. The summed E-state index contributed by atoms with van der Waals surface area (Å²) < 4.78 is 0. The predicted molar refractivity (Wildman–Crippen MR) is 38.6 cm³/mol. The summed E-state index contributed by atoms with van der Waals surface area (Å²) in [4.78, 5) is 20.8. The average Bonchev–Trinajstić information content (AvgIpc) is 1.98. The van der Waals surface area contributed by atoms with E-state index in [0.717, 1.165) is 0 Å². The number of carbonyl (C=O) groups is 2. The quantitative estimate of drug-likeness (QED) is 0.523. The Bertz CT molecular complexity index is 204. The number of terminal acetylenes is 1. The highest BCUT2D eigenvalue weighted by atomic mass is 16.4. The number of carboxylic acids is 1. The van der Waals surface area contributed by atoms with Crippen LogP contribution in [0.3, 0.4) is 0 Å². The Kier molecular flexibility index (Phi) is 3.93. The van der Waals surface area contributed by atoms with Gasteiger partial charge in [-0.3, -0.25) is 9.59 Å². The summed E-state index contributed by atoms with van der Waals surface area (Å²) in [5, 5.41) is 8.27. The molecule has 0 heterocycles. The molecule has 0 aliphatic carbocycles. The fourth-order valence-corrected chi connectivity index (χ4v) is 0.583. The predicted octanol–water partition coefficient (Wildman–Crippen LogP) is -0.762. The first kappa shape index (κ1) is 9.66. The van der Waals surface area contributed by atoms with E-state index >= 15 is 0 Å². The van der Waals surface area contributed by atoms with Crippen LogP contribution in [-0.2, 0) is 9.59 Å². The summed E-state index contributed by atoms with van der Waals surface area (Å²) in [5.74, 6) is -0.299. The molecule has 4 heteroatoms. The van der Waals surface area contributed by atoms with Crippen molar-refractivity contribution >= 4 is 11.8 Å². The molecule has 0 fully saturated rings. The number of nitrogens with two attached hydrogens (primary N) is 1. The molecule has 0 saturated carbocycles. The molecule has 60 valence electrons. The van der Waals surface area contributed by atoms with Gasteiger partial charge in [-0.1, -0.05) is 5.92 Å². The van der Waals surface area contributed by atoms with Crippen LogP contribution in [0.1, 0.15) is 6.42 Å². The average molecular weight is 155 g/mol. The third-order valence-corrected chi connectivity index (χ3v) is 1.17. The molecule has 4 nitrogen and oxygen atoms in total. The van der Waals surface area contributed by atoms with Crippen molar-refractivity contribution in [2.24, 2.45) is 11.7 Å². The van der Waals surface area contributed by atoms with Gasteiger partial charge in [-0.05, 0) is 0 Å². The molecular formula is C7H9NO3. The van der Waals surface area contributed by atoms with E-state index in [1.807, 2.05) is 0 Å². The van der Waals surface area contributed by atoms with Gasteiger partial charge in [-0.15, -0.1) is 6.42 Å². The van der Waals surface area contributed by atoms with Crippen LogP contribution < -0.4 is 5.73 Å². The lowest BCUT2D eigenvalue weighted by Gasteiger charge is -2.02. The number of hydrogen-bond acceptors (Lipinski definition) is 3. The van der Waals surface area contributed by atoms with E-state index in [0.29, 0.717) is 0 Å². The molecule has 1 unspecified atom stereocenters. The maximum Gasteiger partial charge on any atom is 0.305 e. The summed E-state index contributed by atoms with van der Waals surface area (Å²) >= 11 is 0. The van der Waals surface area contributed by atoms with Gasteiger partial charge in [0.25, 0.3) is 0 Å². The van der Waals surface area contributed by atoms with E-state index < -0.39 is 17.7 Å². The summed E-state index contributed by atoms with van der Waals surface area (Å²) in [7, 11) is 0. The van der Waals surface area contributed by atoms with Crippen molar-refractivity contribution in [1.29, 1.82) is 0 Å². The highest BCUT2D eigenvalue weighted by molar-refractivity contribution is 5.88. The standard InChI is InChI=1S/C7H9NO3/c1-2-5(3-7(10)11)6(9)4-8/h1,5H,3-4,8H2,(H,10,11). The van der Waals surface area contributed by atoms with Crippen molar-refractivity contribution in [3.63, 3.8) is 0 Å². The highest BCUT2D eigenvalue weighted by Crippen LogP contribution is 2.01. The van der Waals surface area contributed by atoms with Crippen molar-refractivity contribution in [1.82, 2.24) is 0 Å². The van der Waals surface area contributed by atoms with Gasteiger partial charge in [-0.2, -0.15) is 0 Å². The fourth-order valence-electron chi connectivity index (χ4n) is 0.583. The van der Waals surface area contributed by atoms with Crippen molar-refractivity contribution in [3.8, 4) is 12.3 Å².